The normalized spacial score (nSPS) is 10.7. The van der Waals surface area contributed by atoms with E-state index in [1.807, 2.05) is 61.4 Å². The topological polar surface area (TPSA) is 56.9 Å². The lowest BCUT2D eigenvalue weighted by Crippen LogP contribution is -2.02. The molecule has 3 aromatic rings. The van der Waals surface area contributed by atoms with Crippen LogP contribution in [0.25, 0.3) is 5.69 Å². The number of ether oxygens (including phenoxy) is 1. The molecule has 0 aliphatic carbocycles. The maximum absolute atomic E-state index is 5.40. The van der Waals surface area contributed by atoms with Crippen molar-refractivity contribution in [3.63, 3.8) is 0 Å². The second-order valence-corrected chi connectivity index (χ2v) is 5.06. The molecule has 114 valence electrons. The fourth-order valence-corrected chi connectivity index (χ4v) is 2.47. The highest BCUT2D eigenvalue weighted by atomic mass is 16.5. The Balaban J connectivity index is 1.74. The molecule has 0 spiro atoms. The summed E-state index contributed by atoms with van der Waals surface area (Å²) < 4.78 is 8.99. The Morgan fingerprint density at radius 2 is 2.00 bits per heavy atom. The van der Waals surface area contributed by atoms with E-state index in [9.17, 15) is 0 Å². The molecule has 0 amide bonds. The zero-order valence-corrected chi connectivity index (χ0v) is 12.9. The highest BCUT2D eigenvalue weighted by molar-refractivity contribution is 5.44. The number of nitrogens with one attached hydrogen (secondary N) is 1. The zero-order chi connectivity index (χ0) is 15.5. The predicted octanol–water partition coefficient (Wildman–Crippen LogP) is 2.53. The SMILES string of the molecule is COc1c(CNc2cnn(-c3ccccc3)c2)c(C)nn1C. The summed E-state index contributed by atoms with van der Waals surface area (Å²) in [5, 5.41) is 12.1. The molecule has 0 saturated carbocycles. The van der Waals surface area contributed by atoms with Crippen LogP contribution in [0.15, 0.2) is 42.7 Å². The predicted molar refractivity (Wildman–Crippen MR) is 85.4 cm³/mol. The number of anilines is 1. The van der Waals surface area contributed by atoms with Crippen molar-refractivity contribution in [3.05, 3.63) is 54.0 Å². The van der Waals surface area contributed by atoms with Crippen LogP contribution < -0.4 is 10.1 Å². The zero-order valence-electron chi connectivity index (χ0n) is 12.9. The van der Waals surface area contributed by atoms with E-state index in [1.54, 1.807) is 11.8 Å². The molecular formula is C16H19N5O. The third-order valence-corrected chi connectivity index (χ3v) is 3.55. The number of methoxy groups -OCH3 is 1. The first-order chi connectivity index (χ1) is 10.7. The summed E-state index contributed by atoms with van der Waals surface area (Å²) >= 11 is 0. The summed E-state index contributed by atoms with van der Waals surface area (Å²) in [6, 6.07) is 10.0. The lowest BCUT2D eigenvalue weighted by molar-refractivity contribution is 0.370. The molecule has 6 nitrogen and oxygen atoms in total. The van der Waals surface area contributed by atoms with Crippen LogP contribution in [0.1, 0.15) is 11.3 Å². The number of nitrogens with zero attached hydrogens (tertiary/aromatic N) is 4. The van der Waals surface area contributed by atoms with Gasteiger partial charge in [-0.2, -0.15) is 10.2 Å². The van der Waals surface area contributed by atoms with Crippen LogP contribution in [-0.4, -0.2) is 26.7 Å². The quantitative estimate of drug-likeness (QED) is 0.786. The third kappa shape index (κ3) is 2.67. The summed E-state index contributed by atoms with van der Waals surface area (Å²) in [6.45, 7) is 2.62. The number of benzene rings is 1. The molecule has 0 atom stereocenters. The van der Waals surface area contributed by atoms with Gasteiger partial charge in [0, 0.05) is 13.6 Å². The van der Waals surface area contributed by atoms with Crippen LogP contribution >= 0.6 is 0 Å². The van der Waals surface area contributed by atoms with Gasteiger partial charge in [0.1, 0.15) is 0 Å². The van der Waals surface area contributed by atoms with Gasteiger partial charge in [0.05, 0.1) is 42.1 Å². The van der Waals surface area contributed by atoms with Gasteiger partial charge in [0.2, 0.25) is 5.88 Å². The Morgan fingerprint density at radius 3 is 2.73 bits per heavy atom. The van der Waals surface area contributed by atoms with Gasteiger partial charge < -0.3 is 10.1 Å². The summed E-state index contributed by atoms with van der Waals surface area (Å²) in [6.07, 6.45) is 3.78. The van der Waals surface area contributed by atoms with E-state index in [0.29, 0.717) is 6.54 Å². The molecule has 2 aromatic heterocycles. The van der Waals surface area contributed by atoms with Crippen molar-refractivity contribution >= 4 is 5.69 Å². The average Bonchev–Trinajstić information content (AvgIpc) is 3.10. The van der Waals surface area contributed by atoms with Crippen LogP contribution in [0.5, 0.6) is 5.88 Å². The smallest absolute Gasteiger partial charge is 0.216 e. The lowest BCUT2D eigenvalue weighted by atomic mass is 10.2. The second-order valence-electron chi connectivity index (χ2n) is 5.06. The number of hydrogen-bond donors (Lipinski definition) is 1. The molecule has 0 saturated heterocycles. The van der Waals surface area contributed by atoms with Gasteiger partial charge in [-0.25, -0.2) is 9.36 Å². The van der Waals surface area contributed by atoms with Crippen LogP contribution in [0.3, 0.4) is 0 Å². The summed E-state index contributed by atoms with van der Waals surface area (Å²) in [4.78, 5) is 0. The minimum absolute atomic E-state index is 0.642. The Morgan fingerprint density at radius 1 is 1.23 bits per heavy atom. The molecule has 2 heterocycles. The first-order valence-corrected chi connectivity index (χ1v) is 7.09. The standard InChI is InChI=1S/C16H19N5O/c1-12-15(16(22-3)20(2)19-12)10-17-13-9-18-21(11-13)14-7-5-4-6-8-14/h4-9,11,17H,10H2,1-3H3. The number of rotatable bonds is 5. The number of aryl methyl sites for hydroxylation is 2. The molecule has 1 N–H and O–H groups in total. The Kier molecular flexibility index (Phi) is 3.82. The Bertz CT molecular complexity index is 760. The molecular weight excluding hydrogens is 278 g/mol. The van der Waals surface area contributed by atoms with Crippen molar-refractivity contribution in [2.75, 3.05) is 12.4 Å². The molecule has 0 bridgehead atoms. The van der Waals surface area contributed by atoms with Gasteiger partial charge >= 0.3 is 0 Å². The van der Waals surface area contributed by atoms with E-state index in [4.69, 9.17) is 4.74 Å². The molecule has 6 heteroatoms. The molecule has 0 aliphatic rings. The van der Waals surface area contributed by atoms with Crippen molar-refractivity contribution in [2.45, 2.75) is 13.5 Å². The monoisotopic (exact) mass is 297 g/mol. The molecule has 22 heavy (non-hydrogen) atoms. The van der Waals surface area contributed by atoms with E-state index in [1.165, 1.54) is 0 Å². The van der Waals surface area contributed by atoms with E-state index < -0.39 is 0 Å². The van der Waals surface area contributed by atoms with Gasteiger partial charge in [0.25, 0.3) is 0 Å². The van der Waals surface area contributed by atoms with Gasteiger partial charge in [0.15, 0.2) is 0 Å². The van der Waals surface area contributed by atoms with E-state index >= 15 is 0 Å². The number of hydrogen-bond acceptors (Lipinski definition) is 4. The number of para-hydroxylation sites is 1. The van der Waals surface area contributed by atoms with Crippen LogP contribution in [0.2, 0.25) is 0 Å². The molecule has 3 rings (SSSR count). The second kappa shape index (κ2) is 5.93. The van der Waals surface area contributed by atoms with Crippen LogP contribution in [0, 0.1) is 6.92 Å². The first kappa shape index (κ1) is 14.2. The van der Waals surface area contributed by atoms with E-state index in [0.717, 1.165) is 28.5 Å². The lowest BCUT2D eigenvalue weighted by Gasteiger charge is -2.06. The fraction of sp³-hybridized carbons (Fsp3) is 0.250. The van der Waals surface area contributed by atoms with Crippen LogP contribution in [0.4, 0.5) is 5.69 Å². The highest BCUT2D eigenvalue weighted by Crippen LogP contribution is 2.22. The summed E-state index contributed by atoms with van der Waals surface area (Å²) in [5.74, 6) is 0.778. The average molecular weight is 297 g/mol. The molecule has 0 aliphatic heterocycles. The van der Waals surface area contributed by atoms with Crippen LogP contribution in [-0.2, 0) is 13.6 Å². The van der Waals surface area contributed by atoms with E-state index in [2.05, 4.69) is 15.5 Å². The van der Waals surface area contributed by atoms with Crippen molar-refractivity contribution < 1.29 is 4.74 Å². The highest BCUT2D eigenvalue weighted by Gasteiger charge is 2.13. The molecule has 0 unspecified atom stereocenters. The minimum atomic E-state index is 0.642. The van der Waals surface area contributed by atoms with Gasteiger partial charge in [-0.15, -0.1) is 0 Å². The Labute approximate surface area is 129 Å². The maximum Gasteiger partial charge on any atom is 0.216 e. The van der Waals surface area contributed by atoms with Crippen molar-refractivity contribution in [3.8, 4) is 11.6 Å². The first-order valence-electron chi connectivity index (χ1n) is 7.09. The largest absolute Gasteiger partial charge is 0.481 e. The molecule has 0 fully saturated rings. The number of aromatic nitrogens is 4. The van der Waals surface area contributed by atoms with Crippen molar-refractivity contribution in [1.29, 1.82) is 0 Å². The fourth-order valence-electron chi connectivity index (χ4n) is 2.47. The van der Waals surface area contributed by atoms with Crippen molar-refractivity contribution in [1.82, 2.24) is 19.6 Å². The Hall–Kier alpha value is -2.76. The third-order valence-electron chi connectivity index (χ3n) is 3.55. The van der Waals surface area contributed by atoms with E-state index in [-0.39, 0.29) is 0 Å². The molecule has 0 radical (unpaired) electrons. The van der Waals surface area contributed by atoms with Crippen molar-refractivity contribution in [2.24, 2.45) is 7.05 Å². The van der Waals surface area contributed by atoms with Gasteiger partial charge in [-0.1, -0.05) is 18.2 Å². The maximum atomic E-state index is 5.40. The van der Waals surface area contributed by atoms with Gasteiger partial charge in [-0.05, 0) is 19.1 Å². The summed E-state index contributed by atoms with van der Waals surface area (Å²) in [5.41, 5.74) is 4.00. The molecule has 1 aromatic carbocycles. The minimum Gasteiger partial charge on any atom is -0.481 e. The van der Waals surface area contributed by atoms with Gasteiger partial charge in [-0.3, -0.25) is 0 Å². The summed E-state index contributed by atoms with van der Waals surface area (Å²) in [7, 11) is 3.54.